The summed E-state index contributed by atoms with van der Waals surface area (Å²) in [4.78, 5) is 7.79. The molecule has 1 saturated carbocycles. The van der Waals surface area contributed by atoms with E-state index in [0.29, 0.717) is 30.5 Å². The van der Waals surface area contributed by atoms with E-state index in [9.17, 15) is 17.6 Å². The molecule has 1 heterocycles. The molecule has 0 spiro atoms. The maximum absolute atomic E-state index is 13.2. The molecule has 0 atom stereocenters. The molecule has 0 unspecified atom stereocenters. The first-order chi connectivity index (χ1) is 13.3. The van der Waals surface area contributed by atoms with Gasteiger partial charge in [0.1, 0.15) is 5.82 Å². The highest BCUT2D eigenvalue weighted by atomic mass is 32.1. The number of halogens is 4. The van der Waals surface area contributed by atoms with Crippen molar-refractivity contribution in [3.63, 3.8) is 0 Å². The van der Waals surface area contributed by atoms with Gasteiger partial charge in [0.15, 0.2) is 11.7 Å². The van der Waals surface area contributed by atoms with Crippen molar-refractivity contribution in [1.29, 1.82) is 0 Å². The molecule has 1 aromatic carbocycles. The lowest BCUT2D eigenvalue weighted by atomic mass is 9.64. The molecular weight excluding hydrogens is 392 g/mol. The molecule has 3 rings (SSSR count). The molecule has 0 bridgehead atoms. The molecule has 152 valence electrons. The fourth-order valence-corrected chi connectivity index (χ4v) is 4.10. The van der Waals surface area contributed by atoms with E-state index < -0.39 is 11.9 Å². The summed E-state index contributed by atoms with van der Waals surface area (Å²) >= 11 is 1.00. The second-order valence-corrected chi connectivity index (χ2v) is 7.81. The largest absolute Gasteiger partial charge is 0.434 e. The number of hydrogen-bond donors (Lipinski definition) is 2. The number of nitrogens with zero attached hydrogens (tertiary/aromatic N) is 2. The summed E-state index contributed by atoms with van der Waals surface area (Å²) in [7, 11) is 1.64. The highest BCUT2D eigenvalue weighted by Gasteiger charge is 2.38. The maximum Gasteiger partial charge on any atom is 0.434 e. The highest BCUT2D eigenvalue weighted by molar-refractivity contribution is 7.09. The summed E-state index contributed by atoms with van der Waals surface area (Å²) in [5, 5.41) is 7.86. The Hall–Kier alpha value is -2.16. The molecule has 2 aromatic rings. The molecule has 4 nitrogen and oxygen atoms in total. The molecule has 0 amide bonds. The zero-order valence-electron chi connectivity index (χ0n) is 15.4. The predicted molar refractivity (Wildman–Crippen MR) is 102 cm³/mol. The summed E-state index contributed by atoms with van der Waals surface area (Å²) in [6, 6.07) is 6.61. The molecule has 2 N–H and O–H groups in total. The van der Waals surface area contributed by atoms with E-state index in [4.69, 9.17) is 0 Å². The Morgan fingerprint density at radius 3 is 2.46 bits per heavy atom. The maximum atomic E-state index is 13.2. The third kappa shape index (κ3) is 4.81. The van der Waals surface area contributed by atoms with Gasteiger partial charge in [-0.25, -0.2) is 9.37 Å². The molecule has 9 heteroatoms. The Morgan fingerprint density at radius 2 is 1.93 bits per heavy atom. The van der Waals surface area contributed by atoms with Crippen LogP contribution in [0.3, 0.4) is 0 Å². The van der Waals surface area contributed by atoms with Crippen molar-refractivity contribution in [2.24, 2.45) is 4.99 Å². The Bertz CT molecular complexity index is 810. The monoisotopic (exact) mass is 414 g/mol. The molecule has 1 aliphatic carbocycles. The van der Waals surface area contributed by atoms with E-state index in [1.54, 1.807) is 7.05 Å². The number of aromatic nitrogens is 1. The second kappa shape index (κ2) is 8.46. The Balaban J connectivity index is 1.50. The van der Waals surface area contributed by atoms with Crippen molar-refractivity contribution in [2.45, 2.75) is 37.3 Å². The van der Waals surface area contributed by atoms with Gasteiger partial charge in [0, 0.05) is 37.4 Å². The van der Waals surface area contributed by atoms with Crippen LogP contribution in [0.5, 0.6) is 0 Å². The summed E-state index contributed by atoms with van der Waals surface area (Å²) in [6.45, 7) is 1.09. The predicted octanol–water partition coefficient (Wildman–Crippen LogP) is 4.13. The topological polar surface area (TPSA) is 49.3 Å². The molecule has 0 saturated heterocycles. The van der Waals surface area contributed by atoms with Gasteiger partial charge in [-0.3, -0.25) is 4.99 Å². The van der Waals surface area contributed by atoms with E-state index in [2.05, 4.69) is 20.6 Å². The Labute approximate surface area is 165 Å². The van der Waals surface area contributed by atoms with Crippen molar-refractivity contribution >= 4 is 17.3 Å². The van der Waals surface area contributed by atoms with Crippen LogP contribution in [0.15, 0.2) is 34.6 Å². The number of guanidine groups is 1. The number of thiazole rings is 1. The summed E-state index contributed by atoms with van der Waals surface area (Å²) in [5.41, 5.74) is 0.217. The lowest BCUT2D eigenvalue weighted by Crippen LogP contribution is -2.49. The number of hydrogen-bond acceptors (Lipinski definition) is 3. The van der Waals surface area contributed by atoms with E-state index in [0.717, 1.165) is 41.5 Å². The molecular formula is C19H22F4N4S. The van der Waals surface area contributed by atoms with Crippen LogP contribution in [0, 0.1) is 5.82 Å². The van der Waals surface area contributed by atoms with Gasteiger partial charge in [-0.2, -0.15) is 13.2 Å². The van der Waals surface area contributed by atoms with Gasteiger partial charge in [0.2, 0.25) is 0 Å². The highest BCUT2D eigenvalue weighted by Crippen LogP contribution is 2.43. The summed E-state index contributed by atoms with van der Waals surface area (Å²) in [6.07, 6.45) is -0.873. The molecule has 1 fully saturated rings. The van der Waals surface area contributed by atoms with Gasteiger partial charge in [-0.15, -0.1) is 11.3 Å². The molecule has 0 radical (unpaired) electrons. The summed E-state index contributed by atoms with van der Waals surface area (Å²) in [5.74, 6) is 0.334. The minimum absolute atomic E-state index is 0.0394. The Morgan fingerprint density at radius 1 is 1.21 bits per heavy atom. The molecule has 1 aromatic heterocycles. The molecule has 28 heavy (non-hydrogen) atoms. The van der Waals surface area contributed by atoms with Crippen molar-refractivity contribution in [3.05, 3.63) is 51.7 Å². The lowest BCUT2D eigenvalue weighted by molar-refractivity contribution is -0.140. The van der Waals surface area contributed by atoms with Gasteiger partial charge >= 0.3 is 6.18 Å². The SMILES string of the molecule is CN=C(NCCc1nc(C(F)(F)F)cs1)NCC1(c2ccc(F)cc2)CCC1. The van der Waals surface area contributed by atoms with Gasteiger partial charge in [0.05, 0.1) is 5.01 Å². The van der Waals surface area contributed by atoms with Crippen LogP contribution in [-0.4, -0.2) is 31.1 Å². The molecule has 0 aliphatic heterocycles. The van der Waals surface area contributed by atoms with Crippen LogP contribution < -0.4 is 10.6 Å². The van der Waals surface area contributed by atoms with Gasteiger partial charge in [-0.1, -0.05) is 18.6 Å². The minimum atomic E-state index is -4.41. The average Bonchev–Trinajstić information content (AvgIpc) is 3.10. The van der Waals surface area contributed by atoms with Crippen LogP contribution in [0.4, 0.5) is 17.6 Å². The van der Waals surface area contributed by atoms with Gasteiger partial charge < -0.3 is 10.6 Å². The first kappa shape index (κ1) is 20.6. The zero-order valence-corrected chi connectivity index (χ0v) is 16.3. The van der Waals surface area contributed by atoms with E-state index in [1.165, 1.54) is 12.1 Å². The first-order valence-electron chi connectivity index (χ1n) is 9.05. The van der Waals surface area contributed by atoms with Crippen LogP contribution in [0.2, 0.25) is 0 Å². The second-order valence-electron chi connectivity index (χ2n) is 6.87. The van der Waals surface area contributed by atoms with Crippen LogP contribution in [0.25, 0.3) is 0 Å². The molecule has 1 aliphatic rings. The number of nitrogens with one attached hydrogen (secondary N) is 2. The van der Waals surface area contributed by atoms with Crippen LogP contribution >= 0.6 is 11.3 Å². The first-order valence-corrected chi connectivity index (χ1v) is 9.92. The lowest BCUT2D eigenvalue weighted by Gasteiger charge is -2.43. The third-order valence-electron chi connectivity index (χ3n) is 5.06. The quantitative estimate of drug-likeness (QED) is 0.425. The van der Waals surface area contributed by atoms with Crippen LogP contribution in [0.1, 0.15) is 35.5 Å². The Kier molecular flexibility index (Phi) is 6.22. The van der Waals surface area contributed by atoms with Crippen molar-refractivity contribution < 1.29 is 17.6 Å². The van der Waals surface area contributed by atoms with E-state index in [1.807, 2.05) is 12.1 Å². The zero-order chi connectivity index (χ0) is 20.2. The number of aliphatic imine (C=N–C) groups is 1. The minimum Gasteiger partial charge on any atom is -0.356 e. The van der Waals surface area contributed by atoms with Gasteiger partial charge in [0.25, 0.3) is 0 Å². The fourth-order valence-electron chi connectivity index (χ4n) is 3.29. The fraction of sp³-hybridized carbons (Fsp3) is 0.474. The smallest absolute Gasteiger partial charge is 0.356 e. The van der Waals surface area contributed by atoms with E-state index in [-0.39, 0.29) is 11.2 Å². The number of benzene rings is 1. The van der Waals surface area contributed by atoms with E-state index >= 15 is 0 Å². The van der Waals surface area contributed by atoms with Crippen LogP contribution in [-0.2, 0) is 18.0 Å². The number of alkyl halides is 3. The van der Waals surface area contributed by atoms with Crippen molar-refractivity contribution in [1.82, 2.24) is 15.6 Å². The van der Waals surface area contributed by atoms with Crippen molar-refractivity contribution in [3.8, 4) is 0 Å². The van der Waals surface area contributed by atoms with Gasteiger partial charge in [-0.05, 0) is 30.5 Å². The normalized spacial score (nSPS) is 16.5. The standard InChI is InChI=1S/C19H22F4N4S/c1-24-17(25-10-7-16-27-15(11-28-16)19(21,22)23)26-12-18(8-2-9-18)13-3-5-14(20)6-4-13/h3-6,11H,2,7-10,12H2,1H3,(H2,24,25,26). The average molecular weight is 414 g/mol. The third-order valence-corrected chi connectivity index (χ3v) is 5.97. The number of rotatable bonds is 6. The van der Waals surface area contributed by atoms with Crippen molar-refractivity contribution in [2.75, 3.05) is 20.1 Å². The summed E-state index contributed by atoms with van der Waals surface area (Å²) < 4.78 is 51.0.